The summed E-state index contributed by atoms with van der Waals surface area (Å²) < 4.78 is 35.4. The third kappa shape index (κ3) is 6.28. The number of nitrogens with zero attached hydrogens (tertiary/aromatic N) is 1. The van der Waals surface area contributed by atoms with Crippen molar-refractivity contribution in [3.63, 3.8) is 0 Å². The van der Waals surface area contributed by atoms with Crippen molar-refractivity contribution in [1.29, 1.82) is 0 Å². The number of rotatable bonds is 7. The van der Waals surface area contributed by atoms with Crippen LogP contribution < -0.4 is 14.8 Å². The zero-order chi connectivity index (χ0) is 21.6. The zero-order valence-electron chi connectivity index (χ0n) is 15.9. The molecule has 0 atom stereocenters. The molecular weight excluding hydrogens is 450 g/mol. The number of carbonyl (C=O) groups excluding carboxylic acids is 2. The van der Waals surface area contributed by atoms with Crippen LogP contribution in [0, 0.1) is 0 Å². The van der Waals surface area contributed by atoms with E-state index in [0.717, 1.165) is 0 Å². The Morgan fingerprint density at radius 1 is 1.14 bits per heavy atom. The van der Waals surface area contributed by atoms with Gasteiger partial charge in [-0.05, 0) is 42.5 Å². The molecule has 2 rings (SSSR count). The lowest BCUT2D eigenvalue weighted by atomic mass is 10.1. The Balaban J connectivity index is 2.24. The number of alkyl halides is 2. The number of hydrogen-bond donors (Lipinski definition) is 1. The van der Waals surface area contributed by atoms with Gasteiger partial charge in [-0.3, -0.25) is 9.59 Å². The third-order valence-electron chi connectivity index (χ3n) is 3.71. The summed E-state index contributed by atoms with van der Waals surface area (Å²) in [4.78, 5) is 25.9. The van der Waals surface area contributed by atoms with Crippen LogP contribution in [0.3, 0.4) is 0 Å². The first kappa shape index (κ1) is 22.4. The molecule has 154 valence electrons. The maximum Gasteiger partial charge on any atom is 0.387 e. The lowest BCUT2D eigenvalue weighted by Gasteiger charge is -2.14. The Hall–Kier alpha value is -2.94. The number of ether oxygens (including phenoxy) is 2. The molecule has 0 saturated heterocycles. The standard InChI is InChI=1S/C20H19BrF2N2O4/c1-25(2)19(27)13-4-7-17(28-3)15(11-13)24-18(26)9-5-12-10-14(21)6-8-16(12)29-20(22)23/h4-11,20H,1-3H3,(H,24,26)/b9-5+. The molecule has 1 N–H and O–H groups in total. The summed E-state index contributed by atoms with van der Waals surface area (Å²) in [6.07, 6.45) is 2.51. The van der Waals surface area contributed by atoms with Gasteiger partial charge in [0.2, 0.25) is 5.91 Å². The molecule has 0 bridgehead atoms. The van der Waals surface area contributed by atoms with Gasteiger partial charge in [0, 0.05) is 35.8 Å². The average molecular weight is 469 g/mol. The SMILES string of the molecule is COc1ccc(C(=O)N(C)C)cc1NC(=O)/C=C/c1cc(Br)ccc1OC(F)F. The van der Waals surface area contributed by atoms with Gasteiger partial charge in [0.25, 0.3) is 5.91 Å². The summed E-state index contributed by atoms with van der Waals surface area (Å²) in [6.45, 7) is -2.99. The highest BCUT2D eigenvalue weighted by atomic mass is 79.9. The van der Waals surface area contributed by atoms with Crippen molar-refractivity contribution >= 4 is 39.5 Å². The molecular formula is C20H19BrF2N2O4. The minimum absolute atomic E-state index is 0.0663. The van der Waals surface area contributed by atoms with Gasteiger partial charge in [-0.1, -0.05) is 15.9 Å². The van der Waals surface area contributed by atoms with Crippen molar-refractivity contribution in [3.8, 4) is 11.5 Å². The van der Waals surface area contributed by atoms with Crippen molar-refractivity contribution in [2.45, 2.75) is 6.61 Å². The Kier molecular flexibility index (Phi) is 7.72. The van der Waals surface area contributed by atoms with Crippen LogP contribution in [0.4, 0.5) is 14.5 Å². The summed E-state index contributed by atoms with van der Waals surface area (Å²) in [7, 11) is 4.67. The molecule has 0 aromatic heterocycles. The molecule has 0 unspecified atom stereocenters. The first-order valence-electron chi connectivity index (χ1n) is 8.34. The summed E-state index contributed by atoms with van der Waals surface area (Å²) in [5, 5.41) is 2.62. The quantitative estimate of drug-likeness (QED) is 0.611. The third-order valence-corrected chi connectivity index (χ3v) is 4.21. The van der Waals surface area contributed by atoms with E-state index in [1.54, 1.807) is 38.4 Å². The number of anilines is 1. The summed E-state index contributed by atoms with van der Waals surface area (Å²) in [5.41, 5.74) is 0.959. The Bertz CT molecular complexity index is 933. The van der Waals surface area contributed by atoms with Crippen LogP contribution in [0.25, 0.3) is 6.08 Å². The smallest absolute Gasteiger partial charge is 0.387 e. The van der Waals surface area contributed by atoms with Crippen molar-refractivity contribution in [2.24, 2.45) is 0 Å². The second-order valence-corrected chi connectivity index (χ2v) is 6.91. The molecule has 0 aliphatic heterocycles. The van der Waals surface area contributed by atoms with Gasteiger partial charge in [-0.25, -0.2) is 0 Å². The van der Waals surface area contributed by atoms with Gasteiger partial charge in [-0.2, -0.15) is 8.78 Å². The zero-order valence-corrected chi connectivity index (χ0v) is 17.5. The minimum atomic E-state index is -2.99. The molecule has 2 aromatic carbocycles. The number of hydrogen-bond acceptors (Lipinski definition) is 4. The highest BCUT2D eigenvalue weighted by Gasteiger charge is 2.13. The van der Waals surface area contributed by atoms with Crippen LogP contribution in [0.5, 0.6) is 11.5 Å². The van der Waals surface area contributed by atoms with Crippen molar-refractivity contribution in [1.82, 2.24) is 4.90 Å². The second kappa shape index (κ2) is 10.0. The monoisotopic (exact) mass is 468 g/mol. The van der Waals surface area contributed by atoms with Gasteiger partial charge >= 0.3 is 6.61 Å². The topological polar surface area (TPSA) is 67.9 Å². The highest BCUT2D eigenvalue weighted by molar-refractivity contribution is 9.10. The van der Waals surface area contributed by atoms with E-state index in [2.05, 4.69) is 26.0 Å². The minimum Gasteiger partial charge on any atom is -0.495 e. The maximum absolute atomic E-state index is 12.5. The predicted molar refractivity (Wildman–Crippen MR) is 109 cm³/mol. The fourth-order valence-electron chi connectivity index (χ4n) is 2.39. The van der Waals surface area contributed by atoms with E-state index in [1.165, 1.54) is 36.3 Å². The number of methoxy groups -OCH3 is 1. The number of amides is 2. The van der Waals surface area contributed by atoms with E-state index in [4.69, 9.17) is 4.74 Å². The Morgan fingerprint density at radius 3 is 2.45 bits per heavy atom. The first-order chi connectivity index (χ1) is 13.7. The molecule has 2 amide bonds. The molecule has 0 saturated carbocycles. The normalized spacial score (nSPS) is 10.9. The van der Waals surface area contributed by atoms with E-state index in [0.29, 0.717) is 27.0 Å². The van der Waals surface area contributed by atoms with E-state index in [1.807, 2.05) is 0 Å². The largest absolute Gasteiger partial charge is 0.495 e. The first-order valence-corrected chi connectivity index (χ1v) is 9.13. The lowest BCUT2D eigenvalue weighted by Crippen LogP contribution is -2.22. The number of carbonyl (C=O) groups is 2. The summed E-state index contributed by atoms with van der Waals surface area (Å²) in [5.74, 6) is -0.475. The molecule has 0 radical (unpaired) electrons. The van der Waals surface area contributed by atoms with Crippen LogP contribution in [0.2, 0.25) is 0 Å². The summed E-state index contributed by atoms with van der Waals surface area (Å²) in [6, 6.07) is 9.11. The highest BCUT2D eigenvalue weighted by Crippen LogP contribution is 2.28. The lowest BCUT2D eigenvalue weighted by molar-refractivity contribution is -0.111. The molecule has 0 heterocycles. The second-order valence-electron chi connectivity index (χ2n) is 6.00. The fraction of sp³-hybridized carbons (Fsp3) is 0.200. The van der Waals surface area contributed by atoms with E-state index in [-0.39, 0.29) is 11.7 Å². The van der Waals surface area contributed by atoms with Crippen LogP contribution in [-0.2, 0) is 4.79 Å². The van der Waals surface area contributed by atoms with Crippen LogP contribution >= 0.6 is 15.9 Å². The number of nitrogens with one attached hydrogen (secondary N) is 1. The molecule has 2 aromatic rings. The summed E-state index contributed by atoms with van der Waals surface area (Å²) >= 11 is 3.25. The van der Waals surface area contributed by atoms with Gasteiger partial charge in [0.1, 0.15) is 11.5 Å². The molecule has 0 aliphatic carbocycles. The maximum atomic E-state index is 12.5. The predicted octanol–water partition coefficient (Wildman–Crippen LogP) is 4.41. The molecule has 0 aliphatic rings. The molecule has 9 heteroatoms. The molecule has 0 fully saturated rings. The van der Waals surface area contributed by atoms with Crippen LogP contribution in [0.1, 0.15) is 15.9 Å². The van der Waals surface area contributed by atoms with Crippen molar-refractivity contribution in [2.75, 3.05) is 26.5 Å². The van der Waals surface area contributed by atoms with Crippen molar-refractivity contribution in [3.05, 3.63) is 58.1 Å². The number of benzene rings is 2. The fourth-order valence-corrected chi connectivity index (χ4v) is 2.77. The Morgan fingerprint density at radius 2 is 1.83 bits per heavy atom. The Labute approximate surface area is 175 Å². The number of halogens is 3. The van der Waals surface area contributed by atoms with Gasteiger partial charge < -0.3 is 19.7 Å². The van der Waals surface area contributed by atoms with Crippen molar-refractivity contribution < 1.29 is 27.8 Å². The molecule has 0 spiro atoms. The van der Waals surface area contributed by atoms with E-state index >= 15 is 0 Å². The average Bonchev–Trinajstić information content (AvgIpc) is 2.67. The van der Waals surface area contributed by atoms with Gasteiger partial charge in [0.15, 0.2) is 0 Å². The van der Waals surface area contributed by atoms with E-state index in [9.17, 15) is 18.4 Å². The van der Waals surface area contributed by atoms with Crippen LogP contribution in [-0.4, -0.2) is 44.5 Å². The van der Waals surface area contributed by atoms with E-state index < -0.39 is 12.5 Å². The molecule has 29 heavy (non-hydrogen) atoms. The molecule has 6 nitrogen and oxygen atoms in total. The van der Waals surface area contributed by atoms with Gasteiger partial charge in [-0.15, -0.1) is 0 Å². The van der Waals surface area contributed by atoms with Crippen LogP contribution in [0.15, 0.2) is 46.9 Å². The van der Waals surface area contributed by atoms with Gasteiger partial charge in [0.05, 0.1) is 12.8 Å².